The van der Waals surface area contributed by atoms with E-state index in [2.05, 4.69) is 5.32 Å². The molecule has 0 radical (unpaired) electrons. The van der Waals surface area contributed by atoms with Gasteiger partial charge in [-0.3, -0.25) is 9.78 Å². The maximum absolute atomic E-state index is 12.7. The summed E-state index contributed by atoms with van der Waals surface area (Å²) in [5.41, 5.74) is 3.36. The Hall–Kier alpha value is -2.43. The van der Waals surface area contributed by atoms with Gasteiger partial charge in [0.2, 0.25) is 0 Å². The standard InChI is InChI=1S/C19H22N2O3/c1-2-11-20-17(22)12-24-19(23)18-13-7-3-5-9-15(13)21-16-10-6-4-8-14(16)18/h3,5,7,9H,2,4,6,8,10-12H2,1H3,(H,20,22). The summed E-state index contributed by atoms with van der Waals surface area (Å²) in [5.74, 6) is -0.698. The number of hydrogen-bond acceptors (Lipinski definition) is 4. The smallest absolute Gasteiger partial charge is 0.339 e. The van der Waals surface area contributed by atoms with E-state index in [1.165, 1.54) is 0 Å². The molecule has 0 saturated heterocycles. The van der Waals surface area contributed by atoms with E-state index in [1.54, 1.807) is 0 Å². The van der Waals surface area contributed by atoms with Crippen LogP contribution >= 0.6 is 0 Å². The minimum absolute atomic E-state index is 0.246. The van der Waals surface area contributed by atoms with Gasteiger partial charge < -0.3 is 10.1 Å². The molecule has 0 fully saturated rings. The lowest BCUT2D eigenvalue weighted by Crippen LogP contribution is -2.29. The van der Waals surface area contributed by atoms with Crippen molar-refractivity contribution in [1.82, 2.24) is 10.3 Å². The van der Waals surface area contributed by atoms with Crippen LogP contribution in [0.5, 0.6) is 0 Å². The molecule has 0 saturated carbocycles. The van der Waals surface area contributed by atoms with Gasteiger partial charge in [0.15, 0.2) is 6.61 Å². The summed E-state index contributed by atoms with van der Waals surface area (Å²) in [6, 6.07) is 7.61. The van der Waals surface area contributed by atoms with Gasteiger partial charge in [0, 0.05) is 17.6 Å². The summed E-state index contributed by atoms with van der Waals surface area (Å²) >= 11 is 0. The minimum atomic E-state index is -0.432. The Labute approximate surface area is 141 Å². The number of para-hydroxylation sites is 1. The summed E-state index contributed by atoms with van der Waals surface area (Å²) in [6.07, 6.45) is 4.70. The second kappa shape index (κ2) is 7.43. The van der Waals surface area contributed by atoms with E-state index in [9.17, 15) is 9.59 Å². The highest BCUT2D eigenvalue weighted by Crippen LogP contribution is 2.29. The first kappa shape index (κ1) is 16.4. The molecule has 126 valence electrons. The molecule has 3 rings (SSSR count). The van der Waals surface area contributed by atoms with Crippen molar-refractivity contribution in [2.45, 2.75) is 39.0 Å². The topological polar surface area (TPSA) is 68.3 Å². The fraction of sp³-hybridized carbons (Fsp3) is 0.421. The van der Waals surface area contributed by atoms with Crippen molar-refractivity contribution in [3.8, 4) is 0 Å². The van der Waals surface area contributed by atoms with E-state index in [-0.39, 0.29) is 12.5 Å². The monoisotopic (exact) mass is 326 g/mol. The van der Waals surface area contributed by atoms with Crippen molar-refractivity contribution < 1.29 is 14.3 Å². The number of carbonyl (C=O) groups is 2. The van der Waals surface area contributed by atoms with Gasteiger partial charge in [-0.05, 0) is 43.7 Å². The van der Waals surface area contributed by atoms with Crippen LogP contribution in [0.25, 0.3) is 10.9 Å². The molecule has 1 aliphatic carbocycles. The van der Waals surface area contributed by atoms with E-state index >= 15 is 0 Å². The SMILES string of the molecule is CCCNC(=O)COC(=O)c1c2c(nc3ccccc13)CCCC2. The fourth-order valence-electron chi connectivity index (χ4n) is 3.12. The molecule has 1 amide bonds. The molecular weight excluding hydrogens is 304 g/mol. The Kier molecular flexibility index (Phi) is 5.08. The van der Waals surface area contributed by atoms with Gasteiger partial charge in [-0.1, -0.05) is 25.1 Å². The van der Waals surface area contributed by atoms with Crippen molar-refractivity contribution in [2.75, 3.05) is 13.2 Å². The predicted molar refractivity (Wildman–Crippen MR) is 92.0 cm³/mol. The molecule has 1 aromatic carbocycles. The first-order chi connectivity index (χ1) is 11.7. The summed E-state index contributed by atoms with van der Waals surface area (Å²) in [7, 11) is 0. The van der Waals surface area contributed by atoms with E-state index in [0.717, 1.165) is 54.3 Å². The van der Waals surface area contributed by atoms with Crippen molar-refractivity contribution >= 4 is 22.8 Å². The zero-order chi connectivity index (χ0) is 16.9. The molecule has 0 aliphatic heterocycles. The van der Waals surface area contributed by atoms with Gasteiger partial charge in [-0.2, -0.15) is 0 Å². The normalized spacial score (nSPS) is 13.4. The number of aryl methyl sites for hydroxylation is 1. The first-order valence-corrected chi connectivity index (χ1v) is 8.55. The largest absolute Gasteiger partial charge is 0.452 e. The molecule has 0 atom stereocenters. The lowest BCUT2D eigenvalue weighted by molar-refractivity contribution is -0.124. The second-order valence-corrected chi connectivity index (χ2v) is 6.06. The van der Waals surface area contributed by atoms with Crippen LogP contribution in [0.15, 0.2) is 24.3 Å². The number of nitrogens with one attached hydrogen (secondary N) is 1. The Morgan fingerprint density at radius 3 is 2.83 bits per heavy atom. The van der Waals surface area contributed by atoms with Crippen LogP contribution in [-0.2, 0) is 22.4 Å². The highest BCUT2D eigenvalue weighted by Gasteiger charge is 2.23. The second-order valence-electron chi connectivity index (χ2n) is 6.06. The number of benzene rings is 1. The van der Waals surface area contributed by atoms with E-state index in [4.69, 9.17) is 9.72 Å². The van der Waals surface area contributed by atoms with Crippen LogP contribution in [0.1, 0.15) is 47.8 Å². The third-order valence-corrected chi connectivity index (χ3v) is 4.28. The Morgan fingerprint density at radius 1 is 1.21 bits per heavy atom. The highest BCUT2D eigenvalue weighted by atomic mass is 16.5. The summed E-state index contributed by atoms with van der Waals surface area (Å²) in [4.78, 5) is 29.1. The zero-order valence-corrected chi connectivity index (χ0v) is 13.9. The molecule has 5 heteroatoms. The molecule has 1 heterocycles. The quantitative estimate of drug-likeness (QED) is 0.858. The van der Waals surface area contributed by atoms with Crippen molar-refractivity contribution in [3.05, 3.63) is 41.1 Å². The molecular formula is C19H22N2O3. The molecule has 2 aromatic rings. The number of carbonyl (C=O) groups excluding carboxylic acids is 2. The molecule has 0 bridgehead atoms. The Balaban J connectivity index is 1.89. The van der Waals surface area contributed by atoms with Crippen LogP contribution in [0.3, 0.4) is 0 Å². The van der Waals surface area contributed by atoms with Crippen LogP contribution in [-0.4, -0.2) is 30.0 Å². The van der Waals surface area contributed by atoms with Crippen molar-refractivity contribution in [1.29, 1.82) is 0 Å². The molecule has 1 N–H and O–H groups in total. The number of esters is 1. The Morgan fingerprint density at radius 2 is 2.00 bits per heavy atom. The average molecular weight is 326 g/mol. The minimum Gasteiger partial charge on any atom is -0.452 e. The number of pyridine rings is 1. The Bertz CT molecular complexity index is 771. The number of ether oxygens (including phenoxy) is 1. The van der Waals surface area contributed by atoms with Crippen LogP contribution in [0, 0.1) is 0 Å². The molecule has 5 nitrogen and oxygen atoms in total. The van der Waals surface area contributed by atoms with Gasteiger partial charge in [0.25, 0.3) is 5.91 Å². The molecule has 1 aromatic heterocycles. The fourth-order valence-corrected chi connectivity index (χ4v) is 3.12. The molecule has 0 spiro atoms. The lowest BCUT2D eigenvalue weighted by atomic mass is 9.90. The number of fused-ring (bicyclic) bond motifs is 2. The summed E-state index contributed by atoms with van der Waals surface area (Å²) in [6.45, 7) is 2.32. The van der Waals surface area contributed by atoms with Gasteiger partial charge in [-0.25, -0.2) is 4.79 Å². The number of nitrogens with zero attached hydrogens (tertiary/aromatic N) is 1. The number of aromatic nitrogens is 1. The van der Waals surface area contributed by atoms with E-state index in [0.29, 0.717) is 12.1 Å². The van der Waals surface area contributed by atoms with Gasteiger partial charge in [0.1, 0.15) is 0 Å². The third kappa shape index (κ3) is 3.40. The van der Waals surface area contributed by atoms with E-state index in [1.807, 2.05) is 31.2 Å². The number of amides is 1. The van der Waals surface area contributed by atoms with E-state index < -0.39 is 5.97 Å². The third-order valence-electron chi connectivity index (χ3n) is 4.28. The van der Waals surface area contributed by atoms with Crippen molar-refractivity contribution in [3.63, 3.8) is 0 Å². The number of rotatable bonds is 5. The lowest BCUT2D eigenvalue weighted by Gasteiger charge is -2.19. The maximum Gasteiger partial charge on any atom is 0.339 e. The van der Waals surface area contributed by atoms with Gasteiger partial charge >= 0.3 is 5.97 Å². The maximum atomic E-state index is 12.7. The number of hydrogen-bond donors (Lipinski definition) is 1. The molecule has 0 unspecified atom stereocenters. The molecule has 24 heavy (non-hydrogen) atoms. The summed E-state index contributed by atoms with van der Waals surface area (Å²) in [5, 5.41) is 3.51. The van der Waals surface area contributed by atoms with Gasteiger partial charge in [-0.15, -0.1) is 0 Å². The van der Waals surface area contributed by atoms with Crippen LogP contribution < -0.4 is 5.32 Å². The predicted octanol–water partition coefficient (Wildman–Crippen LogP) is 2.80. The first-order valence-electron chi connectivity index (χ1n) is 8.55. The zero-order valence-electron chi connectivity index (χ0n) is 13.9. The molecule has 1 aliphatic rings. The average Bonchev–Trinajstić information content (AvgIpc) is 2.62. The van der Waals surface area contributed by atoms with Crippen LogP contribution in [0.2, 0.25) is 0 Å². The summed E-state index contributed by atoms with van der Waals surface area (Å²) < 4.78 is 5.28. The van der Waals surface area contributed by atoms with Crippen LogP contribution in [0.4, 0.5) is 0 Å². The van der Waals surface area contributed by atoms with Crippen molar-refractivity contribution in [2.24, 2.45) is 0 Å². The van der Waals surface area contributed by atoms with Gasteiger partial charge in [0.05, 0.1) is 11.1 Å². The highest BCUT2D eigenvalue weighted by molar-refractivity contribution is 6.05.